The third kappa shape index (κ3) is 4.23. The first kappa shape index (κ1) is 22.0. The molecule has 0 spiro atoms. The molecule has 1 amide bonds. The van der Waals surface area contributed by atoms with Crippen LogP contribution in [0.2, 0.25) is 0 Å². The molecule has 1 saturated heterocycles. The smallest absolute Gasteiger partial charge is 0.328 e. The first-order valence-electron chi connectivity index (χ1n) is 11.8. The molecule has 1 aromatic carbocycles. The Morgan fingerprint density at radius 1 is 1.17 bits per heavy atom. The summed E-state index contributed by atoms with van der Waals surface area (Å²) < 4.78 is 27.4. The molecule has 6 rings (SSSR count). The van der Waals surface area contributed by atoms with Gasteiger partial charge in [0.25, 0.3) is 0 Å². The summed E-state index contributed by atoms with van der Waals surface area (Å²) in [4.78, 5) is 28.9. The van der Waals surface area contributed by atoms with Crippen molar-refractivity contribution < 1.29 is 18.7 Å². The number of amides is 1. The number of nitrogens with zero attached hydrogens (tertiary/aromatic N) is 5. The van der Waals surface area contributed by atoms with Crippen molar-refractivity contribution in [2.45, 2.75) is 37.8 Å². The molecule has 2 fully saturated rings. The van der Waals surface area contributed by atoms with Gasteiger partial charge in [-0.25, -0.2) is 18.7 Å². The molecular weight excluding hydrogens is 455 g/mol. The largest absolute Gasteiger partial charge is 0.378 e. The average Bonchev–Trinajstić information content (AvgIpc) is 3.45. The fraction of sp³-hybridized carbons (Fsp3) is 0.478. The second-order valence-corrected chi connectivity index (χ2v) is 9.02. The number of imidazole rings is 1. The highest BCUT2D eigenvalue weighted by Crippen LogP contribution is 2.31. The SMILES string of the molecule is CNc1nc2nc3c1ncn3C(=O)N[C@@H]1C[C@@H](F)C[C@H]1OCc1cc(cc(N3CCOCC3)c1)N2. The van der Waals surface area contributed by atoms with Gasteiger partial charge in [0.1, 0.15) is 12.5 Å². The van der Waals surface area contributed by atoms with E-state index in [4.69, 9.17) is 9.47 Å². The van der Waals surface area contributed by atoms with Gasteiger partial charge in [-0.05, 0) is 23.8 Å². The Balaban J connectivity index is 1.46. The number of morpholine rings is 1. The van der Waals surface area contributed by atoms with Gasteiger partial charge in [0, 0.05) is 44.4 Å². The summed E-state index contributed by atoms with van der Waals surface area (Å²) in [5, 5.41) is 9.24. The van der Waals surface area contributed by atoms with Crippen molar-refractivity contribution >= 4 is 40.3 Å². The number of hydrogen-bond acceptors (Lipinski definition) is 9. The Kier molecular flexibility index (Phi) is 5.61. The Bertz CT molecular complexity index is 1260. The van der Waals surface area contributed by atoms with Crippen molar-refractivity contribution in [2.75, 3.05) is 48.9 Å². The first-order chi connectivity index (χ1) is 17.1. The Morgan fingerprint density at radius 2 is 2.03 bits per heavy atom. The molecule has 3 N–H and O–H groups in total. The molecule has 4 heterocycles. The van der Waals surface area contributed by atoms with Gasteiger partial charge in [-0.2, -0.15) is 9.97 Å². The Labute approximate surface area is 201 Å². The van der Waals surface area contributed by atoms with Gasteiger partial charge in [-0.3, -0.25) is 0 Å². The van der Waals surface area contributed by atoms with Gasteiger partial charge in [0.15, 0.2) is 17.0 Å². The van der Waals surface area contributed by atoms with Crippen LogP contribution in [0.15, 0.2) is 24.5 Å². The number of carbonyl (C=O) groups excluding carboxylic acids is 1. The number of nitrogens with one attached hydrogen (secondary N) is 3. The maximum atomic E-state index is 14.4. The number of alkyl halides is 1. The first-order valence-corrected chi connectivity index (χ1v) is 11.8. The van der Waals surface area contributed by atoms with Gasteiger partial charge >= 0.3 is 6.03 Å². The van der Waals surface area contributed by atoms with E-state index in [1.807, 2.05) is 12.1 Å². The van der Waals surface area contributed by atoms with E-state index in [1.165, 1.54) is 10.9 Å². The number of aromatic nitrogens is 4. The van der Waals surface area contributed by atoms with Crippen LogP contribution in [0.3, 0.4) is 0 Å². The lowest BCUT2D eigenvalue weighted by molar-refractivity contribution is 0.0273. The van der Waals surface area contributed by atoms with Crippen LogP contribution < -0.4 is 20.9 Å². The Morgan fingerprint density at radius 3 is 2.86 bits per heavy atom. The van der Waals surface area contributed by atoms with E-state index in [0.29, 0.717) is 36.1 Å². The van der Waals surface area contributed by atoms with Crippen molar-refractivity contribution in [2.24, 2.45) is 0 Å². The average molecular weight is 483 g/mol. The van der Waals surface area contributed by atoms with Crippen LogP contribution in [0.1, 0.15) is 18.4 Å². The van der Waals surface area contributed by atoms with Crippen LogP contribution >= 0.6 is 0 Å². The van der Waals surface area contributed by atoms with Gasteiger partial charge in [0.2, 0.25) is 5.95 Å². The van der Waals surface area contributed by atoms with Crippen molar-refractivity contribution in [1.29, 1.82) is 0 Å². The molecule has 1 aliphatic carbocycles. The summed E-state index contributed by atoms with van der Waals surface area (Å²) in [6.07, 6.45) is 0.363. The van der Waals surface area contributed by atoms with Crippen molar-refractivity contribution in [3.63, 3.8) is 0 Å². The highest BCUT2D eigenvalue weighted by atomic mass is 19.1. The number of fused-ring (bicyclic) bond motifs is 4. The quantitative estimate of drug-likeness (QED) is 0.506. The van der Waals surface area contributed by atoms with Crippen molar-refractivity contribution in [3.05, 3.63) is 30.1 Å². The van der Waals surface area contributed by atoms with E-state index in [1.54, 1.807) is 7.05 Å². The molecule has 2 aliphatic heterocycles. The summed E-state index contributed by atoms with van der Waals surface area (Å²) in [7, 11) is 1.74. The summed E-state index contributed by atoms with van der Waals surface area (Å²) in [6.45, 7) is 3.19. The molecular formula is C23H27FN8O3. The minimum absolute atomic E-state index is 0.200. The summed E-state index contributed by atoms with van der Waals surface area (Å²) in [5.41, 5.74) is 3.56. The van der Waals surface area contributed by atoms with Crippen LogP contribution in [-0.4, -0.2) is 77.2 Å². The molecule has 12 heteroatoms. The molecule has 184 valence electrons. The fourth-order valence-electron chi connectivity index (χ4n) is 4.95. The number of benzene rings is 1. The van der Waals surface area contributed by atoms with Crippen LogP contribution in [-0.2, 0) is 16.1 Å². The standard InChI is InChI=1S/C23H27FN8O3/c1-25-20-19-21-30-22(29-20)27-15-6-13(7-16(10-15)31-2-4-34-5-3-31)11-35-18-9-14(24)8-17(18)28-23(33)32(21)12-26-19/h6-7,10,12,14,17-18H,2-5,8-9,11H2,1H3,(H,28,33)(H2,25,27,29,30)/t14-,17-,18-/m1/s1. The summed E-state index contributed by atoms with van der Waals surface area (Å²) >= 11 is 0. The summed E-state index contributed by atoms with van der Waals surface area (Å²) in [6, 6.07) is 5.21. The second kappa shape index (κ2) is 8.93. The maximum Gasteiger partial charge on any atom is 0.328 e. The van der Waals surface area contributed by atoms with E-state index >= 15 is 0 Å². The molecule has 4 bridgehead atoms. The molecule has 1 saturated carbocycles. The van der Waals surface area contributed by atoms with Gasteiger partial charge in [0.05, 0.1) is 32.0 Å². The highest BCUT2D eigenvalue weighted by Gasteiger charge is 2.37. The fourth-order valence-corrected chi connectivity index (χ4v) is 4.95. The van der Waals surface area contributed by atoms with E-state index < -0.39 is 24.3 Å². The topological polar surface area (TPSA) is 118 Å². The number of anilines is 4. The zero-order valence-electron chi connectivity index (χ0n) is 19.3. The number of hydrogen-bond donors (Lipinski definition) is 3. The zero-order valence-corrected chi connectivity index (χ0v) is 19.3. The van der Waals surface area contributed by atoms with Crippen LogP contribution in [0.25, 0.3) is 11.2 Å². The zero-order chi connectivity index (χ0) is 23.9. The van der Waals surface area contributed by atoms with Gasteiger partial charge < -0.3 is 30.3 Å². The third-order valence-corrected chi connectivity index (χ3v) is 6.68. The van der Waals surface area contributed by atoms with Crippen molar-refractivity contribution in [1.82, 2.24) is 24.8 Å². The molecule has 0 unspecified atom stereocenters. The van der Waals surface area contributed by atoms with Crippen LogP contribution in [0, 0.1) is 0 Å². The van der Waals surface area contributed by atoms with Gasteiger partial charge in [-0.15, -0.1) is 0 Å². The molecule has 2 aromatic heterocycles. The van der Waals surface area contributed by atoms with E-state index in [0.717, 1.165) is 30.0 Å². The normalized spacial score (nSPS) is 24.6. The predicted molar refractivity (Wildman–Crippen MR) is 128 cm³/mol. The number of rotatable bonds is 2. The third-order valence-electron chi connectivity index (χ3n) is 6.68. The molecule has 3 atom stereocenters. The monoisotopic (exact) mass is 482 g/mol. The lowest BCUT2D eigenvalue weighted by Gasteiger charge is -2.30. The number of halogens is 1. The lowest BCUT2D eigenvalue weighted by Crippen LogP contribution is -2.43. The second-order valence-electron chi connectivity index (χ2n) is 9.02. The molecule has 3 aliphatic rings. The minimum Gasteiger partial charge on any atom is -0.378 e. The van der Waals surface area contributed by atoms with Crippen LogP contribution in [0.4, 0.5) is 32.3 Å². The minimum atomic E-state index is -1.04. The predicted octanol–water partition coefficient (Wildman–Crippen LogP) is 2.41. The molecule has 0 radical (unpaired) electrons. The molecule has 35 heavy (non-hydrogen) atoms. The van der Waals surface area contributed by atoms with E-state index in [2.05, 4.69) is 41.9 Å². The maximum absolute atomic E-state index is 14.4. The number of carbonyl (C=O) groups is 1. The van der Waals surface area contributed by atoms with E-state index in [-0.39, 0.29) is 19.4 Å². The highest BCUT2D eigenvalue weighted by molar-refractivity contribution is 5.92. The summed E-state index contributed by atoms with van der Waals surface area (Å²) in [5.74, 6) is 0.814. The van der Waals surface area contributed by atoms with Crippen molar-refractivity contribution in [3.8, 4) is 0 Å². The van der Waals surface area contributed by atoms with Gasteiger partial charge in [-0.1, -0.05) is 0 Å². The molecule has 11 nitrogen and oxygen atoms in total. The Hall–Kier alpha value is -3.51. The number of ether oxygens (including phenoxy) is 2. The van der Waals surface area contributed by atoms with Crippen LogP contribution in [0.5, 0.6) is 0 Å². The molecule has 3 aromatic rings. The lowest BCUT2D eigenvalue weighted by atomic mass is 10.1. The van der Waals surface area contributed by atoms with E-state index in [9.17, 15) is 9.18 Å².